The van der Waals surface area contributed by atoms with Crippen LogP contribution in [0, 0.1) is 0 Å². The van der Waals surface area contributed by atoms with Gasteiger partial charge >= 0.3 is 0 Å². The predicted octanol–water partition coefficient (Wildman–Crippen LogP) is 0.657. The van der Waals surface area contributed by atoms with Crippen LogP contribution in [0.25, 0.3) is 0 Å². The van der Waals surface area contributed by atoms with Crippen LogP contribution in [-0.2, 0) is 19.1 Å². The van der Waals surface area contributed by atoms with Crippen molar-refractivity contribution in [3.05, 3.63) is 35.9 Å². The van der Waals surface area contributed by atoms with E-state index in [1.807, 2.05) is 0 Å². The Labute approximate surface area is 81.6 Å². The fourth-order valence-electron chi connectivity index (χ4n) is 1.43. The van der Waals surface area contributed by atoms with Crippen LogP contribution < -0.4 is 0 Å². The third-order valence-electron chi connectivity index (χ3n) is 2.05. The average molecular weight is 212 g/mol. The summed E-state index contributed by atoms with van der Waals surface area (Å²) in [5.41, 5.74) is 0.468. The second-order valence-electron chi connectivity index (χ2n) is 3.01. The standard InChI is InChI=1S/C9H8O4S/c10-8-6-13-14(11,12)9(8)7-4-2-1-3-5-7/h1-5,9H,6H2. The van der Waals surface area contributed by atoms with E-state index in [4.69, 9.17) is 0 Å². The zero-order chi connectivity index (χ0) is 10.2. The van der Waals surface area contributed by atoms with Crippen molar-refractivity contribution in [1.29, 1.82) is 0 Å². The molecular weight excluding hydrogens is 204 g/mol. The first-order valence-corrected chi connectivity index (χ1v) is 5.54. The molecule has 14 heavy (non-hydrogen) atoms. The Hall–Kier alpha value is -1.20. The van der Waals surface area contributed by atoms with Crippen molar-refractivity contribution >= 4 is 15.9 Å². The number of benzene rings is 1. The summed E-state index contributed by atoms with van der Waals surface area (Å²) >= 11 is 0. The van der Waals surface area contributed by atoms with E-state index < -0.39 is 21.2 Å². The monoisotopic (exact) mass is 212 g/mol. The molecule has 4 nitrogen and oxygen atoms in total. The minimum Gasteiger partial charge on any atom is -0.295 e. The summed E-state index contributed by atoms with van der Waals surface area (Å²) in [6.07, 6.45) is 0. The summed E-state index contributed by atoms with van der Waals surface area (Å²) in [7, 11) is -3.74. The molecule has 1 fully saturated rings. The van der Waals surface area contributed by atoms with Crippen molar-refractivity contribution < 1.29 is 17.4 Å². The molecule has 1 unspecified atom stereocenters. The molecule has 0 aliphatic carbocycles. The zero-order valence-electron chi connectivity index (χ0n) is 7.21. The molecule has 1 saturated heterocycles. The summed E-state index contributed by atoms with van der Waals surface area (Å²) in [5.74, 6) is -0.406. The molecule has 0 spiro atoms. The third-order valence-corrected chi connectivity index (χ3v) is 3.61. The molecule has 0 amide bonds. The van der Waals surface area contributed by atoms with E-state index >= 15 is 0 Å². The van der Waals surface area contributed by atoms with Gasteiger partial charge in [0.2, 0.25) is 0 Å². The van der Waals surface area contributed by atoms with Gasteiger partial charge < -0.3 is 0 Å². The van der Waals surface area contributed by atoms with Crippen LogP contribution in [0.3, 0.4) is 0 Å². The Balaban J connectivity index is 2.49. The molecule has 1 aromatic carbocycles. The Bertz CT molecular complexity index is 449. The summed E-state index contributed by atoms with van der Waals surface area (Å²) in [6.45, 7) is -0.345. The van der Waals surface area contributed by atoms with Gasteiger partial charge in [0.05, 0.1) is 0 Å². The number of carbonyl (C=O) groups is 1. The van der Waals surface area contributed by atoms with Crippen molar-refractivity contribution in [2.24, 2.45) is 0 Å². The molecule has 1 heterocycles. The quantitative estimate of drug-likeness (QED) is 0.641. The molecule has 2 rings (SSSR count). The molecule has 1 atom stereocenters. The molecule has 1 aliphatic rings. The van der Waals surface area contributed by atoms with Gasteiger partial charge in [0.15, 0.2) is 11.0 Å². The van der Waals surface area contributed by atoms with Crippen LogP contribution >= 0.6 is 0 Å². The first-order valence-electron chi connectivity index (χ1n) is 4.07. The predicted molar refractivity (Wildman–Crippen MR) is 49.1 cm³/mol. The number of ketones is 1. The van der Waals surface area contributed by atoms with E-state index in [-0.39, 0.29) is 6.61 Å². The molecule has 74 valence electrons. The van der Waals surface area contributed by atoms with E-state index in [1.54, 1.807) is 30.3 Å². The van der Waals surface area contributed by atoms with E-state index in [9.17, 15) is 13.2 Å². The molecule has 0 aromatic heterocycles. The maximum Gasteiger partial charge on any atom is 0.282 e. The maximum atomic E-state index is 11.3. The fraction of sp³-hybridized carbons (Fsp3) is 0.222. The molecule has 0 N–H and O–H groups in total. The second kappa shape index (κ2) is 3.18. The van der Waals surface area contributed by atoms with Crippen molar-refractivity contribution in [3.63, 3.8) is 0 Å². The normalized spacial score (nSPS) is 25.1. The van der Waals surface area contributed by atoms with E-state index in [0.717, 1.165) is 0 Å². The number of carbonyl (C=O) groups excluding carboxylic acids is 1. The second-order valence-corrected chi connectivity index (χ2v) is 4.70. The summed E-state index contributed by atoms with van der Waals surface area (Å²) in [6, 6.07) is 8.35. The smallest absolute Gasteiger partial charge is 0.282 e. The van der Waals surface area contributed by atoms with Crippen molar-refractivity contribution in [2.75, 3.05) is 6.61 Å². The van der Waals surface area contributed by atoms with Gasteiger partial charge in [-0.05, 0) is 5.56 Å². The van der Waals surface area contributed by atoms with E-state index in [1.165, 1.54) is 0 Å². The number of hydrogen-bond acceptors (Lipinski definition) is 4. The van der Waals surface area contributed by atoms with Gasteiger partial charge in [0.1, 0.15) is 6.61 Å². The van der Waals surface area contributed by atoms with E-state index in [2.05, 4.69) is 4.18 Å². The van der Waals surface area contributed by atoms with Crippen LogP contribution in [0.2, 0.25) is 0 Å². The lowest BCUT2D eigenvalue weighted by molar-refractivity contribution is -0.118. The largest absolute Gasteiger partial charge is 0.295 e. The average Bonchev–Trinajstić information content (AvgIpc) is 2.42. The van der Waals surface area contributed by atoms with Gasteiger partial charge in [-0.15, -0.1) is 0 Å². The van der Waals surface area contributed by atoms with Crippen molar-refractivity contribution in [2.45, 2.75) is 5.25 Å². The molecule has 5 heteroatoms. The zero-order valence-corrected chi connectivity index (χ0v) is 8.03. The van der Waals surface area contributed by atoms with Crippen LogP contribution in [0.4, 0.5) is 0 Å². The molecule has 1 aliphatic heterocycles. The Morgan fingerprint density at radius 1 is 1.21 bits per heavy atom. The molecule has 0 bridgehead atoms. The highest BCUT2D eigenvalue weighted by Crippen LogP contribution is 2.29. The first kappa shape index (κ1) is 9.36. The van der Waals surface area contributed by atoms with Crippen LogP contribution in [0.1, 0.15) is 10.8 Å². The summed E-state index contributed by atoms with van der Waals surface area (Å²) < 4.78 is 27.1. The maximum absolute atomic E-state index is 11.3. The lowest BCUT2D eigenvalue weighted by atomic mass is 10.1. The Morgan fingerprint density at radius 2 is 1.86 bits per heavy atom. The van der Waals surface area contributed by atoms with Gasteiger partial charge in [-0.3, -0.25) is 8.98 Å². The number of hydrogen-bond donors (Lipinski definition) is 0. The highest BCUT2D eigenvalue weighted by molar-refractivity contribution is 7.88. The highest BCUT2D eigenvalue weighted by Gasteiger charge is 2.41. The summed E-state index contributed by atoms with van der Waals surface area (Å²) in [4.78, 5) is 11.3. The molecule has 0 radical (unpaired) electrons. The number of rotatable bonds is 1. The van der Waals surface area contributed by atoms with Gasteiger partial charge in [0.25, 0.3) is 10.1 Å². The van der Waals surface area contributed by atoms with Crippen LogP contribution in [-0.4, -0.2) is 20.8 Å². The van der Waals surface area contributed by atoms with Gasteiger partial charge in [0, 0.05) is 0 Å². The van der Waals surface area contributed by atoms with E-state index in [0.29, 0.717) is 5.56 Å². The van der Waals surface area contributed by atoms with Crippen molar-refractivity contribution in [3.8, 4) is 0 Å². The van der Waals surface area contributed by atoms with Crippen LogP contribution in [0.5, 0.6) is 0 Å². The molecule has 1 aromatic rings. The van der Waals surface area contributed by atoms with Crippen molar-refractivity contribution in [1.82, 2.24) is 0 Å². The highest BCUT2D eigenvalue weighted by atomic mass is 32.2. The SMILES string of the molecule is O=C1COS(=O)(=O)C1c1ccccc1. The lowest BCUT2D eigenvalue weighted by Crippen LogP contribution is -2.13. The van der Waals surface area contributed by atoms with Gasteiger partial charge in [-0.25, -0.2) is 0 Å². The topological polar surface area (TPSA) is 60.4 Å². The Morgan fingerprint density at radius 3 is 2.36 bits per heavy atom. The summed E-state index contributed by atoms with van der Waals surface area (Å²) in [5, 5.41) is -1.14. The van der Waals surface area contributed by atoms with Crippen LogP contribution in [0.15, 0.2) is 30.3 Å². The minimum atomic E-state index is -3.74. The van der Waals surface area contributed by atoms with Gasteiger partial charge in [-0.1, -0.05) is 30.3 Å². The molecule has 0 saturated carbocycles. The number of Topliss-reactive ketones (excluding diaryl/α,β-unsaturated/α-hetero) is 1. The first-order chi connectivity index (χ1) is 6.61. The fourth-order valence-corrected chi connectivity index (χ4v) is 2.72. The molecular formula is C9H8O4S. The third kappa shape index (κ3) is 1.44. The minimum absolute atomic E-state index is 0.345. The Kier molecular flexibility index (Phi) is 2.13. The van der Waals surface area contributed by atoms with Gasteiger partial charge in [-0.2, -0.15) is 8.42 Å². The lowest BCUT2D eigenvalue weighted by Gasteiger charge is -2.05.